The van der Waals surface area contributed by atoms with Crippen LogP contribution in [0.25, 0.3) is 0 Å². The highest BCUT2D eigenvalue weighted by molar-refractivity contribution is 6.04. The van der Waals surface area contributed by atoms with E-state index in [0.29, 0.717) is 17.7 Å². The second kappa shape index (κ2) is 7.58. The van der Waals surface area contributed by atoms with Crippen LogP contribution in [0.4, 0.5) is 11.4 Å². The molecule has 0 heterocycles. The van der Waals surface area contributed by atoms with Crippen LogP contribution in [-0.2, 0) is 4.79 Å². The predicted molar refractivity (Wildman–Crippen MR) is 93.8 cm³/mol. The van der Waals surface area contributed by atoms with E-state index in [2.05, 4.69) is 10.6 Å². The molecule has 2 rings (SSSR count). The molecule has 0 saturated carbocycles. The minimum absolute atomic E-state index is 0.000443. The average molecular weight is 310 g/mol. The van der Waals surface area contributed by atoms with Gasteiger partial charge in [-0.15, -0.1) is 0 Å². The lowest BCUT2D eigenvalue weighted by molar-refractivity contribution is -0.116. The molecular formula is C19H22N2O2. The van der Waals surface area contributed by atoms with Gasteiger partial charge in [0.1, 0.15) is 0 Å². The van der Waals surface area contributed by atoms with Gasteiger partial charge in [0.05, 0.1) is 0 Å². The fourth-order valence-corrected chi connectivity index (χ4v) is 2.40. The molecule has 2 aromatic rings. The third-order valence-electron chi connectivity index (χ3n) is 3.39. The number of carbonyl (C=O) groups excluding carboxylic acids is 2. The van der Waals surface area contributed by atoms with Crippen LogP contribution in [0.5, 0.6) is 0 Å². The Morgan fingerprint density at radius 1 is 0.870 bits per heavy atom. The number of hydrogen-bond donors (Lipinski definition) is 2. The van der Waals surface area contributed by atoms with Crippen LogP contribution in [-0.4, -0.2) is 11.8 Å². The van der Waals surface area contributed by atoms with E-state index >= 15 is 0 Å². The highest BCUT2D eigenvalue weighted by atomic mass is 16.2. The zero-order valence-corrected chi connectivity index (χ0v) is 13.8. The van der Waals surface area contributed by atoms with Gasteiger partial charge in [0, 0.05) is 23.4 Å². The maximum atomic E-state index is 12.3. The third-order valence-corrected chi connectivity index (χ3v) is 3.39. The molecule has 0 aliphatic carbocycles. The standard InChI is InChI=1S/C19H22N2O2/c1-4-5-18(22)20-16-6-8-17(9-7-16)21-19(23)15-11-13(2)10-14(3)12-15/h6-12H,4-5H2,1-3H3,(H,20,22)(H,21,23). The van der Waals surface area contributed by atoms with Gasteiger partial charge in [-0.25, -0.2) is 0 Å². The van der Waals surface area contributed by atoms with Crippen molar-refractivity contribution in [1.82, 2.24) is 0 Å². The maximum absolute atomic E-state index is 12.3. The Morgan fingerprint density at radius 3 is 1.91 bits per heavy atom. The summed E-state index contributed by atoms with van der Waals surface area (Å²) in [5.74, 6) is -0.140. The lowest BCUT2D eigenvalue weighted by atomic mass is 10.1. The van der Waals surface area contributed by atoms with Gasteiger partial charge in [-0.2, -0.15) is 0 Å². The fraction of sp³-hybridized carbons (Fsp3) is 0.263. The lowest BCUT2D eigenvalue weighted by Gasteiger charge is -2.09. The van der Waals surface area contributed by atoms with Crippen LogP contribution in [0.15, 0.2) is 42.5 Å². The van der Waals surface area contributed by atoms with E-state index in [1.165, 1.54) is 0 Å². The number of aryl methyl sites for hydroxylation is 2. The third kappa shape index (κ3) is 4.95. The van der Waals surface area contributed by atoms with Crippen molar-refractivity contribution in [3.05, 3.63) is 59.2 Å². The maximum Gasteiger partial charge on any atom is 0.255 e. The molecule has 0 aromatic heterocycles. The Bertz CT molecular complexity index is 686. The number of benzene rings is 2. The van der Waals surface area contributed by atoms with Crippen molar-refractivity contribution >= 4 is 23.2 Å². The van der Waals surface area contributed by atoms with Crippen molar-refractivity contribution in [2.45, 2.75) is 33.6 Å². The van der Waals surface area contributed by atoms with E-state index in [4.69, 9.17) is 0 Å². The van der Waals surface area contributed by atoms with Crippen molar-refractivity contribution in [3.8, 4) is 0 Å². The van der Waals surface area contributed by atoms with Gasteiger partial charge in [-0.3, -0.25) is 9.59 Å². The lowest BCUT2D eigenvalue weighted by Crippen LogP contribution is -2.13. The quantitative estimate of drug-likeness (QED) is 0.865. The number of hydrogen-bond acceptors (Lipinski definition) is 2. The smallest absolute Gasteiger partial charge is 0.255 e. The minimum atomic E-state index is -0.139. The van der Waals surface area contributed by atoms with Gasteiger partial charge in [0.25, 0.3) is 5.91 Å². The summed E-state index contributed by atoms with van der Waals surface area (Å²) in [7, 11) is 0. The number of amides is 2. The predicted octanol–water partition coefficient (Wildman–Crippen LogP) is 4.29. The Morgan fingerprint density at radius 2 is 1.39 bits per heavy atom. The zero-order valence-electron chi connectivity index (χ0n) is 13.8. The van der Waals surface area contributed by atoms with Gasteiger partial charge in [0.2, 0.25) is 5.91 Å². The highest BCUT2D eigenvalue weighted by Gasteiger charge is 2.07. The number of carbonyl (C=O) groups is 2. The van der Waals surface area contributed by atoms with Crippen molar-refractivity contribution in [1.29, 1.82) is 0 Å². The summed E-state index contributed by atoms with van der Waals surface area (Å²) in [6.07, 6.45) is 1.32. The van der Waals surface area contributed by atoms with Gasteiger partial charge < -0.3 is 10.6 Å². The van der Waals surface area contributed by atoms with Crippen molar-refractivity contribution in [3.63, 3.8) is 0 Å². The van der Waals surface area contributed by atoms with E-state index in [9.17, 15) is 9.59 Å². The molecule has 4 heteroatoms. The number of rotatable bonds is 5. The molecule has 0 radical (unpaired) electrons. The van der Waals surface area contributed by atoms with Crippen LogP contribution in [0.3, 0.4) is 0 Å². The molecule has 0 saturated heterocycles. The van der Waals surface area contributed by atoms with E-state index in [1.54, 1.807) is 24.3 Å². The number of anilines is 2. The van der Waals surface area contributed by atoms with Crippen molar-refractivity contribution < 1.29 is 9.59 Å². The van der Waals surface area contributed by atoms with Crippen LogP contribution >= 0.6 is 0 Å². The van der Waals surface area contributed by atoms with Crippen molar-refractivity contribution in [2.24, 2.45) is 0 Å². The molecular weight excluding hydrogens is 288 g/mol. The largest absolute Gasteiger partial charge is 0.326 e. The molecule has 120 valence electrons. The normalized spacial score (nSPS) is 10.2. The van der Waals surface area contributed by atoms with Gasteiger partial charge in [-0.1, -0.05) is 24.1 Å². The van der Waals surface area contributed by atoms with E-state index in [0.717, 1.165) is 23.2 Å². The SMILES string of the molecule is CCCC(=O)Nc1ccc(NC(=O)c2cc(C)cc(C)c2)cc1. The monoisotopic (exact) mass is 310 g/mol. The van der Waals surface area contributed by atoms with Crippen LogP contribution < -0.4 is 10.6 Å². The molecule has 0 unspecified atom stereocenters. The fourth-order valence-electron chi connectivity index (χ4n) is 2.40. The molecule has 23 heavy (non-hydrogen) atoms. The van der Waals surface area contributed by atoms with Crippen LogP contribution in [0, 0.1) is 13.8 Å². The molecule has 2 amide bonds. The number of nitrogens with one attached hydrogen (secondary N) is 2. The van der Waals surface area contributed by atoms with Gasteiger partial charge in [-0.05, 0) is 56.7 Å². The molecule has 0 spiro atoms. The summed E-state index contributed by atoms with van der Waals surface area (Å²) < 4.78 is 0. The van der Waals surface area contributed by atoms with E-state index < -0.39 is 0 Å². The summed E-state index contributed by atoms with van der Waals surface area (Å²) in [5.41, 5.74) is 4.19. The Balaban J connectivity index is 2.02. The highest BCUT2D eigenvalue weighted by Crippen LogP contribution is 2.16. The summed E-state index contributed by atoms with van der Waals surface area (Å²) in [6.45, 7) is 5.90. The molecule has 4 nitrogen and oxygen atoms in total. The first-order chi connectivity index (χ1) is 11.0. The van der Waals surface area contributed by atoms with E-state index in [-0.39, 0.29) is 11.8 Å². The molecule has 2 aromatic carbocycles. The summed E-state index contributed by atoms with van der Waals surface area (Å²) in [4.78, 5) is 23.8. The van der Waals surface area contributed by atoms with Gasteiger partial charge >= 0.3 is 0 Å². The average Bonchev–Trinajstić information content (AvgIpc) is 2.48. The second-order valence-electron chi connectivity index (χ2n) is 5.71. The topological polar surface area (TPSA) is 58.2 Å². The Hall–Kier alpha value is -2.62. The second-order valence-corrected chi connectivity index (χ2v) is 5.71. The minimum Gasteiger partial charge on any atom is -0.326 e. The first-order valence-corrected chi connectivity index (χ1v) is 7.77. The van der Waals surface area contributed by atoms with Crippen LogP contribution in [0.1, 0.15) is 41.3 Å². The Labute approximate surface area is 136 Å². The Kier molecular flexibility index (Phi) is 5.52. The first-order valence-electron chi connectivity index (χ1n) is 7.77. The summed E-state index contributed by atoms with van der Waals surface area (Å²) in [6, 6.07) is 12.9. The molecule has 0 atom stereocenters. The molecule has 0 fully saturated rings. The van der Waals surface area contributed by atoms with Crippen LogP contribution in [0.2, 0.25) is 0 Å². The summed E-state index contributed by atoms with van der Waals surface area (Å²) >= 11 is 0. The molecule has 0 aliphatic rings. The van der Waals surface area contributed by atoms with Gasteiger partial charge in [0.15, 0.2) is 0 Å². The summed E-state index contributed by atoms with van der Waals surface area (Å²) in [5, 5.41) is 5.69. The van der Waals surface area contributed by atoms with Crippen molar-refractivity contribution in [2.75, 3.05) is 10.6 Å². The van der Waals surface area contributed by atoms with E-state index in [1.807, 2.05) is 39.0 Å². The molecule has 0 bridgehead atoms. The molecule has 2 N–H and O–H groups in total. The zero-order chi connectivity index (χ0) is 16.8. The first kappa shape index (κ1) is 16.7. The molecule has 0 aliphatic heterocycles.